The minimum Gasteiger partial charge on any atom is -0.333 e. The number of hydrogen-bond acceptors (Lipinski definition) is 4. The molecule has 3 aliphatic heterocycles. The van der Waals surface area contributed by atoms with Gasteiger partial charge in [0.15, 0.2) is 0 Å². The predicted molar refractivity (Wildman–Crippen MR) is 116 cm³/mol. The van der Waals surface area contributed by atoms with Gasteiger partial charge < -0.3 is 15.1 Å². The van der Waals surface area contributed by atoms with E-state index >= 15 is 0 Å². The van der Waals surface area contributed by atoms with Crippen LogP contribution in [0.1, 0.15) is 44.2 Å². The molecule has 1 fully saturated rings. The number of rotatable bonds is 7. The molecule has 1 saturated heterocycles. The molecule has 3 amide bonds. The number of thiophene rings is 1. The number of urea groups is 1. The molecule has 156 valence electrons. The molecule has 3 aliphatic rings. The van der Waals surface area contributed by atoms with Crippen LogP contribution < -0.4 is 5.32 Å². The SMILES string of the molecule is C=CCN1C(=O)NC(c2ccsc2)C2=C1CN(CCCN1CCCCC1C)C2=O. The number of nitrogens with one attached hydrogen (secondary N) is 1. The Balaban J connectivity index is 1.48. The quantitative estimate of drug-likeness (QED) is 0.696. The summed E-state index contributed by atoms with van der Waals surface area (Å²) in [5.74, 6) is 0.0527. The Kier molecular flexibility index (Phi) is 6.06. The van der Waals surface area contributed by atoms with E-state index in [0.717, 1.165) is 42.9 Å². The summed E-state index contributed by atoms with van der Waals surface area (Å²) >= 11 is 1.58. The van der Waals surface area contributed by atoms with Crippen molar-refractivity contribution in [3.63, 3.8) is 0 Å². The molecule has 0 aliphatic carbocycles. The molecule has 0 bridgehead atoms. The van der Waals surface area contributed by atoms with Crippen LogP contribution in [0.4, 0.5) is 4.79 Å². The summed E-state index contributed by atoms with van der Waals surface area (Å²) in [6.45, 7) is 9.90. The third-order valence-electron chi connectivity index (χ3n) is 6.30. The number of hydrogen-bond donors (Lipinski definition) is 1. The lowest BCUT2D eigenvalue weighted by atomic mass is 9.98. The minimum absolute atomic E-state index is 0.0527. The maximum atomic E-state index is 13.3. The lowest BCUT2D eigenvalue weighted by molar-refractivity contribution is -0.125. The Morgan fingerprint density at radius 1 is 1.31 bits per heavy atom. The van der Waals surface area contributed by atoms with Crippen LogP contribution >= 0.6 is 11.3 Å². The highest BCUT2D eigenvalue weighted by atomic mass is 32.1. The second kappa shape index (κ2) is 8.71. The first-order valence-electron chi connectivity index (χ1n) is 10.6. The first-order valence-corrected chi connectivity index (χ1v) is 11.5. The number of carbonyl (C=O) groups excluding carboxylic acids is 2. The van der Waals surface area contributed by atoms with E-state index in [9.17, 15) is 9.59 Å². The Morgan fingerprint density at radius 3 is 2.90 bits per heavy atom. The number of carbonyl (C=O) groups is 2. The molecule has 4 rings (SSSR count). The summed E-state index contributed by atoms with van der Waals surface area (Å²) in [6.07, 6.45) is 6.53. The third-order valence-corrected chi connectivity index (χ3v) is 7.00. The van der Waals surface area contributed by atoms with Crippen LogP contribution in [0.2, 0.25) is 0 Å². The van der Waals surface area contributed by atoms with Crippen molar-refractivity contribution < 1.29 is 9.59 Å². The van der Waals surface area contributed by atoms with E-state index in [4.69, 9.17) is 0 Å². The molecule has 2 atom stereocenters. The van der Waals surface area contributed by atoms with Crippen LogP contribution in [0.15, 0.2) is 40.8 Å². The molecule has 6 nitrogen and oxygen atoms in total. The summed E-state index contributed by atoms with van der Waals surface area (Å²) in [6, 6.07) is 2.11. The van der Waals surface area contributed by atoms with Crippen molar-refractivity contribution in [2.45, 2.75) is 44.7 Å². The van der Waals surface area contributed by atoms with Gasteiger partial charge >= 0.3 is 6.03 Å². The first kappa shape index (κ1) is 20.2. The molecule has 0 aromatic carbocycles. The summed E-state index contributed by atoms with van der Waals surface area (Å²) in [5, 5.41) is 7.01. The van der Waals surface area contributed by atoms with Crippen molar-refractivity contribution >= 4 is 23.3 Å². The fourth-order valence-corrected chi connectivity index (χ4v) is 5.38. The molecular weight excluding hydrogens is 384 g/mol. The van der Waals surface area contributed by atoms with Gasteiger partial charge in [0.25, 0.3) is 5.91 Å². The number of piperidine rings is 1. The zero-order valence-corrected chi connectivity index (χ0v) is 17.9. The van der Waals surface area contributed by atoms with E-state index in [-0.39, 0.29) is 18.0 Å². The highest BCUT2D eigenvalue weighted by molar-refractivity contribution is 7.08. The van der Waals surface area contributed by atoms with E-state index in [0.29, 0.717) is 19.1 Å². The van der Waals surface area contributed by atoms with E-state index < -0.39 is 0 Å². The molecule has 4 heterocycles. The van der Waals surface area contributed by atoms with Gasteiger partial charge in [0.05, 0.1) is 23.9 Å². The van der Waals surface area contributed by atoms with E-state index in [2.05, 4.69) is 23.7 Å². The lowest BCUT2D eigenvalue weighted by Crippen LogP contribution is -2.47. The Hall–Kier alpha value is -2.12. The smallest absolute Gasteiger partial charge is 0.322 e. The lowest BCUT2D eigenvalue weighted by Gasteiger charge is -2.33. The molecule has 1 N–H and O–H groups in total. The number of nitrogens with zero attached hydrogens (tertiary/aromatic N) is 3. The largest absolute Gasteiger partial charge is 0.333 e. The zero-order chi connectivity index (χ0) is 20.4. The van der Waals surface area contributed by atoms with E-state index in [1.54, 1.807) is 22.3 Å². The molecule has 7 heteroatoms. The summed E-state index contributed by atoms with van der Waals surface area (Å²) in [4.78, 5) is 32.1. The minimum atomic E-state index is -0.357. The van der Waals surface area contributed by atoms with Crippen molar-refractivity contribution in [3.05, 3.63) is 46.3 Å². The van der Waals surface area contributed by atoms with Crippen molar-refractivity contribution in [1.29, 1.82) is 0 Å². The van der Waals surface area contributed by atoms with Crippen molar-refractivity contribution in [3.8, 4) is 0 Å². The van der Waals surface area contributed by atoms with Crippen molar-refractivity contribution in [2.24, 2.45) is 0 Å². The average Bonchev–Trinajstić information content (AvgIpc) is 3.35. The monoisotopic (exact) mass is 414 g/mol. The normalized spacial score (nSPS) is 25.4. The van der Waals surface area contributed by atoms with Gasteiger partial charge in [-0.05, 0) is 55.1 Å². The fourth-order valence-electron chi connectivity index (χ4n) is 4.70. The Labute approximate surface area is 176 Å². The van der Waals surface area contributed by atoms with Crippen molar-refractivity contribution in [1.82, 2.24) is 20.0 Å². The Bertz CT molecular complexity index is 804. The molecule has 1 aromatic heterocycles. The molecule has 0 spiro atoms. The van der Waals surface area contributed by atoms with Gasteiger partial charge in [-0.3, -0.25) is 9.69 Å². The van der Waals surface area contributed by atoms with Crippen LogP contribution in [-0.4, -0.2) is 65.4 Å². The van der Waals surface area contributed by atoms with Crippen molar-refractivity contribution in [2.75, 3.05) is 32.7 Å². The van der Waals surface area contributed by atoms with E-state index in [1.807, 2.05) is 21.7 Å². The second-order valence-electron chi connectivity index (χ2n) is 8.16. The summed E-state index contributed by atoms with van der Waals surface area (Å²) in [5.41, 5.74) is 2.53. The van der Waals surface area contributed by atoms with Gasteiger partial charge in [0, 0.05) is 25.7 Å². The highest BCUT2D eigenvalue weighted by Gasteiger charge is 2.43. The zero-order valence-electron chi connectivity index (χ0n) is 17.1. The summed E-state index contributed by atoms with van der Waals surface area (Å²) in [7, 11) is 0. The maximum absolute atomic E-state index is 13.3. The van der Waals surface area contributed by atoms with Gasteiger partial charge in [-0.25, -0.2) is 4.79 Å². The molecule has 0 saturated carbocycles. The number of amides is 3. The molecule has 2 unspecified atom stereocenters. The van der Waals surface area contributed by atoms with Crippen LogP contribution in [-0.2, 0) is 4.79 Å². The molecule has 0 radical (unpaired) electrons. The van der Waals surface area contributed by atoms with Gasteiger partial charge in [-0.1, -0.05) is 12.5 Å². The fraction of sp³-hybridized carbons (Fsp3) is 0.545. The molecule has 29 heavy (non-hydrogen) atoms. The van der Waals surface area contributed by atoms with Crippen LogP contribution in [0.3, 0.4) is 0 Å². The van der Waals surface area contributed by atoms with Crippen LogP contribution in [0, 0.1) is 0 Å². The van der Waals surface area contributed by atoms with Gasteiger partial charge in [-0.15, -0.1) is 6.58 Å². The standard InChI is InChI=1S/C22H30N4O2S/c1-3-9-26-18-14-25(12-6-11-24-10-5-4-7-16(24)2)21(27)19(18)20(23-22(26)28)17-8-13-29-15-17/h3,8,13,15-16,20H,1,4-7,9-12,14H2,2H3,(H,23,28). The first-order chi connectivity index (χ1) is 14.1. The maximum Gasteiger partial charge on any atom is 0.322 e. The summed E-state index contributed by atoms with van der Waals surface area (Å²) < 4.78 is 0. The predicted octanol–water partition coefficient (Wildman–Crippen LogP) is 3.36. The second-order valence-corrected chi connectivity index (χ2v) is 8.94. The molecule has 1 aromatic rings. The van der Waals surface area contributed by atoms with E-state index in [1.165, 1.54) is 19.3 Å². The topological polar surface area (TPSA) is 55.9 Å². The average molecular weight is 415 g/mol. The Morgan fingerprint density at radius 2 is 2.17 bits per heavy atom. The van der Waals surface area contributed by atoms with Gasteiger partial charge in [0.1, 0.15) is 0 Å². The van der Waals surface area contributed by atoms with Crippen LogP contribution in [0.25, 0.3) is 0 Å². The molecular formula is C22H30N4O2S. The number of likely N-dealkylation sites (tertiary alicyclic amines) is 1. The van der Waals surface area contributed by atoms with Gasteiger partial charge in [-0.2, -0.15) is 11.3 Å². The highest BCUT2D eigenvalue weighted by Crippen LogP contribution is 2.36. The van der Waals surface area contributed by atoms with Crippen LogP contribution in [0.5, 0.6) is 0 Å². The third kappa shape index (κ3) is 3.98. The van der Waals surface area contributed by atoms with Gasteiger partial charge in [0.2, 0.25) is 0 Å².